The number of carbonyl (C=O) groups excluding carboxylic acids is 1. The first-order valence-electron chi connectivity index (χ1n) is 8.65. The Morgan fingerprint density at radius 2 is 2.04 bits per heavy atom. The van der Waals surface area contributed by atoms with Crippen molar-refractivity contribution in [2.75, 3.05) is 25.4 Å². The van der Waals surface area contributed by atoms with Crippen LogP contribution in [0, 0.1) is 0 Å². The Morgan fingerprint density at radius 1 is 1.31 bits per heavy atom. The molecule has 26 heavy (non-hydrogen) atoms. The zero-order chi connectivity index (χ0) is 18.5. The molecular weight excluding hydrogens is 354 g/mol. The van der Waals surface area contributed by atoms with Gasteiger partial charge in [0.2, 0.25) is 11.1 Å². The highest BCUT2D eigenvalue weighted by atomic mass is 32.2. The van der Waals surface area contributed by atoms with Crippen LogP contribution in [0.5, 0.6) is 5.75 Å². The fourth-order valence-corrected chi connectivity index (χ4v) is 3.72. The zero-order valence-electron chi connectivity index (χ0n) is 15.2. The van der Waals surface area contributed by atoms with Gasteiger partial charge < -0.3 is 14.4 Å². The third-order valence-electron chi connectivity index (χ3n) is 3.93. The number of hydrogen-bond acceptors (Lipinski definition) is 7. The van der Waals surface area contributed by atoms with Gasteiger partial charge >= 0.3 is 0 Å². The van der Waals surface area contributed by atoms with Gasteiger partial charge in [0.25, 0.3) is 0 Å². The maximum Gasteiger partial charge on any atom is 0.233 e. The number of aromatic nitrogens is 4. The van der Waals surface area contributed by atoms with Crippen molar-refractivity contribution < 1.29 is 14.3 Å². The van der Waals surface area contributed by atoms with Crippen LogP contribution in [0.4, 0.5) is 0 Å². The molecule has 1 amide bonds. The van der Waals surface area contributed by atoms with Gasteiger partial charge in [0.1, 0.15) is 11.4 Å². The fraction of sp³-hybridized carbons (Fsp3) is 0.529. The second kappa shape index (κ2) is 8.50. The van der Waals surface area contributed by atoms with Gasteiger partial charge in [0.05, 0.1) is 24.6 Å². The molecule has 2 heterocycles. The highest BCUT2D eigenvalue weighted by molar-refractivity contribution is 7.99. The average Bonchev–Trinajstić information content (AvgIpc) is 3.08. The molecule has 1 aromatic heterocycles. The summed E-state index contributed by atoms with van der Waals surface area (Å²) in [6.45, 7) is 7.66. The third kappa shape index (κ3) is 4.34. The minimum Gasteiger partial charge on any atom is -0.492 e. The molecule has 1 saturated heterocycles. The molecule has 1 fully saturated rings. The number of nitrogens with zero attached hydrogens (tertiary/aromatic N) is 5. The summed E-state index contributed by atoms with van der Waals surface area (Å²) in [4.78, 5) is 14.4. The number of morpholine rings is 1. The van der Waals surface area contributed by atoms with E-state index in [4.69, 9.17) is 9.47 Å². The van der Waals surface area contributed by atoms with Gasteiger partial charge in [-0.1, -0.05) is 23.9 Å². The monoisotopic (exact) mass is 377 g/mol. The summed E-state index contributed by atoms with van der Waals surface area (Å²) in [7, 11) is 0. The van der Waals surface area contributed by atoms with Crippen molar-refractivity contribution in [3.05, 3.63) is 24.3 Å². The minimum absolute atomic E-state index is 0.0519. The first kappa shape index (κ1) is 18.7. The molecule has 1 aliphatic heterocycles. The standard InChI is InChI=1S/C17H23N5O3S/c1-4-24-15-8-6-5-7-14(15)22-17(18-19-20-22)26-11-16(23)21-9-12(2)25-13(3)10-21/h5-8,12-13H,4,9-11H2,1-3H3/t12-,13-/m0/s1. The van der Waals surface area contributed by atoms with E-state index in [-0.39, 0.29) is 23.9 Å². The zero-order valence-corrected chi connectivity index (χ0v) is 16.0. The van der Waals surface area contributed by atoms with Crippen LogP contribution in [0.3, 0.4) is 0 Å². The van der Waals surface area contributed by atoms with Crippen molar-refractivity contribution in [3.8, 4) is 11.4 Å². The molecule has 1 aliphatic rings. The smallest absolute Gasteiger partial charge is 0.233 e. The van der Waals surface area contributed by atoms with Crippen LogP contribution < -0.4 is 4.74 Å². The lowest BCUT2D eigenvalue weighted by Crippen LogP contribution is -2.48. The molecule has 2 atom stereocenters. The van der Waals surface area contributed by atoms with E-state index < -0.39 is 0 Å². The van der Waals surface area contributed by atoms with Crippen LogP contribution in [-0.2, 0) is 9.53 Å². The predicted octanol–water partition coefficient (Wildman–Crippen LogP) is 1.79. The van der Waals surface area contributed by atoms with Gasteiger partial charge in [-0.2, -0.15) is 4.68 Å². The minimum atomic E-state index is 0.0519. The Labute approximate surface area is 156 Å². The van der Waals surface area contributed by atoms with Crippen molar-refractivity contribution >= 4 is 17.7 Å². The van der Waals surface area contributed by atoms with Crippen molar-refractivity contribution in [2.24, 2.45) is 0 Å². The van der Waals surface area contributed by atoms with E-state index in [0.29, 0.717) is 30.6 Å². The number of amides is 1. The number of hydrogen-bond donors (Lipinski definition) is 0. The van der Waals surface area contributed by atoms with E-state index in [2.05, 4.69) is 15.5 Å². The maximum absolute atomic E-state index is 12.5. The topological polar surface area (TPSA) is 82.4 Å². The highest BCUT2D eigenvalue weighted by Gasteiger charge is 2.26. The summed E-state index contributed by atoms with van der Waals surface area (Å²) in [6, 6.07) is 7.56. The van der Waals surface area contributed by atoms with E-state index in [0.717, 1.165) is 5.69 Å². The Kier molecular flexibility index (Phi) is 6.10. The molecular formula is C17H23N5O3S. The predicted molar refractivity (Wildman–Crippen MR) is 97.6 cm³/mol. The maximum atomic E-state index is 12.5. The van der Waals surface area contributed by atoms with Crippen LogP contribution in [0.15, 0.2) is 29.4 Å². The largest absolute Gasteiger partial charge is 0.492 e. The summed E-state index contributed by atoms with van der Waals surface area (Å²) >= 11 is 1.32. The SMILES string of the molecule is CCOc1ccccc1-n1nnnc1SCC(=O)N1C[C@H](C)O[C@@H](C)C1. The summed E-state index contributed by atoms with van der Waals surface area (Å²) in [5.41, 5.74) is 0.753. The number of ether oxygens (including phenoxy) is 2. The van der Waals surface area contributed by atoms with Gasteiger partial charge in [-0.25, -0.2) is 0 Å². The first-order chi connectivity index (χ1) is 12.6. The normalized spacial score (nSPS) is 20.2. The molecule has 0 radical (unpaired) electrons. The molecule has 9 heteroatoms. The quantitative estimate of drug-likeness (QED) is 0.710. The molecule has 0 aliphatic carbocycles. The number of tetrazole rings is 1. The van der Waals surface area contributed by atoms with Crippen LogP contribution in [0.2, 0.25) is 0 Å². The molecule has 0 saturated carbocycles. The number of carbonyl (C=O) groups is 1. The molecule has 0 unspecified atom stereocenters. The summed E-state index contributed by atoms with van der Waals surface area (Å²) < 4.78 is 12.9. The summed E-state index contributed by atoms with van der Waals surface area (Å²) in [5.74, 6) is 1.03. The second-order valence-electron chi connectivity index (χ2n) is 6.12. The lowest BCUT2D eigenvalue weighted by molar-refractivity contribution is -0.140. The van der Waals surface area contributed by atoms with Crippen LogP contribution in [-0.4, -0.2) is 68.7 Å². The molecule has 0 spiro atoms. The lowest BCUT2D eigenvalue weighted by atomic mass is 10.2. The number of rotatable bonds is 6. The molecule has 1 aromatic carbocycles. The first-order valence-corrected chi connectivity index (χ1v) is 9.63. The summed E-state index contributed by atoms with van der Waals surface area (Å²) in [6.07, 6.45) is 0.104. The van der Waals surface area contributed by atoms with Crippen LogP contribution in [0.25, 0.3) is 5.69 Å². The molecule has 0 N–H and O–H groups in total. The van der Waals surface area contributed by atoms with E-state index in [1.807, 2.05) is 49.9 Å². The Hall–Kier alpha value is -2.13. The van der Waals surface area contributed by atoms with Crippen LogP contribution >= 0.6 is 11.8 Å². The molecule has 8 nitrogen and oxygen atoms in total. The Bertz CT molecular complexity index is 744. The summed E-state index contributed by atoms with van der Waals surface area (Å²) in [5, 5.41) is 12.4. The molecule has 2 aromatic rings. The molecule has 0 bridgehead atoms. The van der Waals surface area contributed by atoms with Gasteiger partial charge in [0.15, 0.2) is 0 Å². The van der Waals surface area contributed by atoms with E-state index in [1.165, 1.54) is 11.8 Å². The fourth-order valence-electron chi connectivity index (χ4n) is 2.93. The van der Waals surface area contributed by atoms with E-state index >= 15 is 0 Å². The van der Waals surface area contributed by atoms with Gasteiger partial charge in [-0.15, -0.1) is 5.10 Å². The second-order valence-corrected chi connectivity index (χ2v) is 7.06. The van der Waals surface area contributed by atoms with Crippen molar-refractivity contribution in [2.45, 2.75) is 38.1 Å². The van der Waals surface area contributed by atoms with E-state index in [1.54, 1.807) is 4.68 Å². The molecule has 3 rings (SSSR count). The van der Waals surface area contributed by atoms with Crippen molar-refractivity contribution in [1.29, 1.82) is 0 Å². The highest BCUT2D eigenvalue weighted by Crippen LogP contribution is 2.26. The number of thioether (sulfide) groups is 1. The van der Waals surface area contributed by atoms with Crippen molar-refractivity contribution in [3.63, 3.8) is 0 Å². The average molecular weight is 377 g/mol. The van der Waals surface area contributed by atoms with Gasteiger partial charge in [0, 0.05) is 13.1 Å². The van der Waals surface area contributed by atoms with Crippen LogP contribution in [0.1, 0.15) is 20.8 Å². The van der Waals surface area contributed by atoms with E-state index in [9.17, 15) is 4.79 Å². The number of benzene rings is 1. The lowest BCUT2D eigenvalue weighted by Gasteiger charge is -2.35. The van der Waals surface area contributed by atoms with Crippen molar-refractivity contribution in [1.82, 2.24) is 25.1 Å². The Morgan fingerprint density at radius 3 is 2.77 bits per heavy atom. The van der Waals surface area contributed by atoms with Gasteiger partial charge in [-0.05, 0) is 43.3 Å². The number of para-hydroxylation sites is 2. The molecule has 140 valence electrons. The third-order valence-corrected chi connectivity index (χ3v) is 4.84. The van der Waals surface area contributed by atoms with Gasteiger partial charge in [-0.3, -0.25) is 4.79 Å². The Balaban J connectivity index is 1.69.